The van der Waals surface area contributed by atoms with Gasteiger partial charge in [0.05, 0.1) is 5.51 Å². The van der Waals surface area contributed by atoms with E-state index in [1.807, 2.05) is 7.05 Å². The highest BCUT2D eigenvalue weighted by Crippen LogP contribution is 2.30. The van der Waals surface area contributed by atoms with Crippen LogP contribution in [0, 0.1) is 17.5 Å². The first-order valence-electron chi connectivity index (χ1n) is 11.1. The highest BCUT2D eigenvalue weighted by atomic mass is 32.2. The zero-order valence-electron chi connectivity index (χ0n) is 19.7. The van der Waals surface area contributed by atoms with Crippen molar-refractivity contribution >= 4 is 39.3 Å². The van der Waals surface area contributed by atoms with Crippen molar-refractivity contribution in [1.29, 1.82) is 0 Å². The monoisotopic (exact) mass is 555 g/mol. The first-order valence-corrected chi connectivity index (χ1v) is 13.5. The van der Waals surface area contributed by atoms with Crippen LogP contribution in [0.3, 0.4) is 0 Å². The second-order valence-electron chi connectivity index (χ2n) is 8.36. The normalized spacial score (nSPS) is 14.9. The maximum absolute atomic E-state index is 14.9. The average molecular weight is 556 g/mol. The molecule has 0 bridgehead atoms. The number of nitrogens with one attached hydrogen (secondary N) is 1. The molecule has 1 aliphatic heterocycles. The van der Waals surface area contributed by atoms with Gasteiger partial charge in [-0.15, -0.1) is 11.3 Å². The van der Waals surface area contributed by atoms with E-state index < -0.39 is 32.4 Å². The first kappa shape index (κ1) is 26.9. The number of halogens is 3. The molecular weight excluding hydrogens is 531 g/mol. The summed E-state index contributed by atoms with van der Waals surface area (Å²) in [7, 11) is -2.95. The molecular formula is C23H24F3N5O4S2. The lowest BCUT2D eigenvalue weighted by molar-refractivity contribution is -0.128. The SMILES string of the molecule is CN1CCN(Cc2cccc(F)c2CNc2cc(F)c(S(=O)(=O)N(OC=O)c3cscn3)c(F)c2)CC1. The van der Waals surface area contributed by atoms with Crippen molar-refractivity contribution in [3.8, 4) is 0 Å². The summed E-state index contributed by atoms with van der Waals surface area (Å²) in [5, 5.41) is 4.00. The fraction of sp³-hybridized carbons (Fsp3) is 0.304. The van der Waals surface area contributed by atoms with Gasteiger partial charge in [0.2, 0.25) is 0 Å². The Morgan fingerprint density at radius 2 is 1.84 bits per heavy atom. The number of rotatable bonds is 10. The number of hydrogen-bond donors (Lipinski definition) is 1. The van der Waals surface area contributed by atoms with Crippen LogP contribution in [0.4, 0.5) is 24.7 Å². The van der Waals surface area contributed by atoms with Gasteiger partial charge in [0, 0.05) is 55.9 Å². The minimum atomic E-state index is -4.99. The summed E-state index contributed by atoms with van der Waals surface area (Å²) in [6, 6.07) is 6.27. The van der Waals surface area contributed by atoms with Crippen molar-refractivity contribution in [2.75, 3.05) is 43.0 Å². The van der Waals surface area contributed by atoms with Crippen molar-refractivity contribution < 1.29 is 31.2 Å². The van der Waals surface area contributed by atoms with Gasteiger partial charge in [0.25, 0.3) is 0 Å². The zero-order valence-corrected chi connectivity index (χ0v) is 21.4. The minimum absolute atomic E-state index is 0.0368. The molecule has 1 saturated heterocycles. The van der Waals surface area contributed by atoms with E-state index in [1.165, 1.54) is 17.0 Å². The van der Waals surface area contributed by atoms with Gasteiger partial charge >= 0.3 is 16.5 Å². The molecule has 2 heterocycles. The topological polar surface area (TPSA) is 95.1 Å². The fourth-order valence-corrected chi connectivity index (χ4v) is 5.79. The summed E-state index contributed by atoms with van der Waals surface area (Å²) in [6.45, 7) is 3.70. The number of carbonyl (C=O) groups excluding carboxylic acids is 1. The lowest BCUT2D eigenvalue weighted by Gasteiger charge is -2.32. The fourth-order valence-electron chi connectivity index (χ4n) is 3.95. The highest BCUT2D eigenvalue weighted by Gasteiger charge is 2.34. The van der Waals surface area contributed by atoms with Gasteiger partial charge in [-0.1, -0.05) is 16.6 Å². The molecule has 0 unspecified atom stereocenters. The van der Waals surface area contributed by atoms with E-state index in [2.05, 4.69) is 24.9 Å². The molecule has 0 radical (unpaired) electrons. The van der Waals surface area contributed by atoms with Crippen LogP contribution >= 0.6 is 11.3 Å². The molecule has 1 aliphatic rings. The Morgan fingerprint density at radius 3 is 2.46 bits per heavy atom. The number of aromatic nitrogens is 1. The maximum atomic E-state index is 14.9. The maximum Gasteiger partial charge on any atom is 0.322 e. The summed E-state index contributed by atoms with van der Waals surface area (Å²) in [5.41, 5.74) is 2.24. The molecule has 37 heavy (non-hydrogen) atoms. The van der Waals surface area contributed by atoms with Gasteiger partial charge in [-0.3, -0.25) is 9.69 Å². The Bertz CT molecular complexity index is 1330. The van der Waals surface area contributed by atoms with Crippen LogP contribution in [0.15, 0.2) is 46.1 Å². The van der Waals surface area contributed by atoms with Crippen molar-refractivity contribution in [2.45, 2.75) is 18.0 Å². The Kier molecular flexibility index (Phi) is 8.32. The van der Waals surface area contributed by atoms with E-state index in [-0.39, 0.29) is 29.0 Å². The molecule has 14 heteroatoms. The summed E-state index contributed by atoms with van der Waals surface area (Å²) >= 11 is 0.987. The zero-order chi connectivity index (χ0) is 26.6. The second-order valence-corrected chi connectivity index (χ2v) is 10.8. The van der Waals surface area contributed by atoms with Gasteiger partial charge in [0.15, 0.2) is 10.7 Å². The summed E-state index contributed by atoms with van der Waals surface area (Å²) in [4.78, 5) is 22.1. The Balaban J connectivity index is 1.55. The van der Waals surface area contributed by atoms with Crippen LogP contribution < -0.4 is 9.79 Å². The number of sulfonamides is 1. The van der Waals surface area contributed by atoms with Crippen LogP contribution in [0.5, 0.6) is 0 Å². The highest BCUT2D eigenvalue weighted by molar-refractivity contribution is 7.92. The Hall–Kier alpha value is -3.20. The summed E-state index contributed by atoms with van der Waals surface area (Å²) < 4.78 is 70.4. The smallest absolute Gasteiger partial charge is 0.322 e. The number of benzene rings is 2. The lowest BCUT2D eigenvalue weighted by Crippen LogP contribution is -2.44. The van der Waals surface area contributed by atoms with E-state index in [0.29, 0.717) is 12.1 Å². The first-order chi connectivity index (χ1) is 17.7. The van der Waals surface area contributed by atoms with Gasteiger partial charge in [-0.05, 0) is 30.8 Å². The molecule has 1 aromatic heterocycles. The molecule has 198 valence electrons. The third kappa shape index (κ3) is 6.04. The van der Waals surface area contributed by atoms with Gasteiger partial charge in [-0.25, -0.2) is 18.2 Å². The Morgan fingerprint density at radius 1 is 1.14 bits per heavy atom. The van der Waals surface area contributed by atoms with Crippen molar-refractivity contribution in [2.24, 2.45) is 0 Å². The van der Waals surface area contributed by atoms with Crippen molar-refractivity contribution in [3.63, 3.8) is 0 Å². The van der Waals surface area contributed by atoms with Crippen LogP contribution in [-0.4, -0.2) is 62.9 Å². The number of anilines is 2. The lowest BCUT2D eigenvalue weighted by atomic mass is 10.1. The van der Waals surface area contributed by atoms with Gasteiger partial charge < -0.3 is 15.1 Å². The van der Waals surface area contributed by atoms with Crippen molar-refractivity contribution in [1.82, 2.24) is 14.8 Å². The predicted molar refractivity (Wildman–Crippen MR) is 132 cm³/mol. The summed E-state index contributed by atoms with van der Waals surface area (Å²) in [5.74, 6) is -3.67. The second kappa shape index (κ2) is 11.5. The molecule has 0 spiro atoms. The number of hydrogen-bond acceptors (Lipinski definition) is 9. The third-order valence-electron chi connectivity index (χ3n) is 5.89. The quantitative estimate of drug-likeness (QED) is 0.301. The number of nitrogens with zero attached hydrogens (tertiary/aromatic N) is 4. The molecule has 0 amide bonds. The minimum Gasteiger partial charge on any atom is -0.381 e. The number of thiazole rings is 1. The number of piperazine rings is 1. The average Bonchev–Trinajstić information content (AvgIpc) is 3.37. The van der Waals surface area contributed by atoms with Gasteiger partial charge in [-0.2, -0.15) is 8.42 Å². The van der Waals surface area contributed by atoms with E-state index >= 15 is 0 Å². The molecule has 2 aromatic carbocycles. The molecule has 9 nitrogen and oxygen atoms in total. The van der Waals surface area contributed by atoms with Crippen molar-refractivity contribution in [3.05, 3.63) is 69.8 Å². The van der Waals surface area contributed by atoms with Crippen LogP contribution in [0.25, 0.3) is 0 Å². The summed E-state index contributed by atoms with van der Waals surface area (Å²) in [6.07, 6.45) is 0. The molecule has 1 N–H and O–H groups in total. The van der Waals surface area contributed by atoms with E-state index in [0.717, 1.165) is 55.2 Å². The third-order valence-corrected chi connectivity index (χ3v) is 8.08. The standard InChI is InChI=1S/C23H24F3N5O4S2/c1-29-5-7-30(8-6-29)12-16-3-2-4-19(24)18(16)11-27-17-9-20(25)23(21(26)10-17)37(33,34)31(35-15-32)22-13-36-14-28-22/h2-4,9-10,13-15,27H,5-8,11-12H2,1H3. The molecule has 3 aromatic rings. The van der Waals surface area contributed by atoms with Crippen LogP contribution in [-0.2, 0) is 32.7 Å². The number of likely N-dealkylation sites (N-methyl/N-ethyl adjacent to an activating group) is 1. The molecule has 4 rings (SSSR count). The van der Waals surface area contributed by atoms with Crippen LogP contribution in [0.2, 0.25) is 0 Å². The van der Waals surface area contributed by atoms with E-state index in [1.54, 1.807) is 12.1 Å². The van der Waals surface area contributed by atoms with Gasteiger partial charge in [0.1, 0.15) is 17.5 Å². The molecule has 0 atom stereocenters. The number of carbonyl (C=O) groups is 1. The molecule has 0 saturated carbocycles. The van der Waals surface area contributed by atoms with E-state index in [9.17, 15) is 26.4 Å². The molecule has 1 fully saturated rings. The van der Waals surface area contributed by atoms with Crippen LogP contribution in [0.1, 0.15) is 11.1 Å². The molecule has 0 aliphatic carbocycles. The largest absolute Gasteiger partial charge is 0.381 e. The predicted octanol–water partition coefficient (Wildman–Crippen LogP) is 3.20. The Labute approximate surface area is 216 Å². The van der Waals surface area contributed by atoms with E-state index in [4.69, 9.17) is 0 Å².